The van der Waals surface area contributed by atoms with E-state index in [1.54, 1.807) is 23.9 Å². The van der Waals surface area contributed by atoms with E-state index in [9.17, 15) is 4.79 Å². The number of carbonyl (C=O) groups excluding carboxylic acids is 1. The molecule has 0 saturated heterocycles. The molecular formula is C15H13ClOS2. The van der Waals surface area contributed by atoms with Gasteiger partial charge in [0.2, 0.25) is 0 Å². The third-order valence-electron chi connectivity index (χ3n) is 3.29. The Kier molecular flexibility index (Phi) is 3.96. The molecule has 0 saturated carbocycles. The Morgan fingerprint density at radius 1 is 1.21 bits per heavy atom. The molecule has 0 unspecified atom stereocenters. The molecule has 0 radical (unpaired) electrons. The van der Waals surface area contributed by atoms with Crippen molar-refractivity contribution in [3.05, 3.63) is 50.7 Å². The van der Waals surface area contributed by atoms with Crippen LogP contribution in [0.3, 0.4) is 0 Å². The quantitative estimate of drug-likeness (QED) is 0.592. The molecule has 0 fully saturated rings. The zero-order valence-corrected chi connectivity index (χ0v) is 12.7. The highest BCUT2D eigenvalue weighted by Gasteiger charge is 2.13. The van der Waals surface area contributed by atoms with Gasteiger partial charge >= 0.3 is 0 Å². The van der Waals surface area contributed by atoms with Crippen LogP contribution in [0.25, 0.3) is 0 Å². The first-order chi connectivity index (χ1) is 9.22. The number of ketones is 1. The lowest BCUT2D eigenvalue weighted by molar-refractivity contribution is 0.102. The van der Waals surface area contributed by atoms with Crippen molar-refractivity contribution >= 4 is 40.5 Å². The van der Waals surface area contributed by atoms with Gasteiger partial charge in [0.05, 0.1) is 15.0 Å². The Hall–Kier alpha value is -0.770. The van der Waals surface area contributed by atoms with Crippen molar-refractivity contribution in [3.8, 4) is 0 Å². The van der Waals surface area contributed by atoms with Crippen LogP contribution in [0.4, 0.5) is 0 Å². The van der Waals surface area contributed by atoms with E-state index in [1.807, 2.05) is 0 Å². The van der Waals surface area contributed by atoms with Crippen LogP contribution in [0, 0.1) is 0 Å². The third-order valence-corrected chi connectivity index (χ3v) is 5.55. The van der Waals surface area contributed by atoms with E-state index >= 15 is 0 Å². The van der Waals surface area contributed by atoms with Crippen molar-refractivity contribution in [2.75, 3.05) is 5.75 Å². The van der Waals surface area contributed by atoms with Gasteiger partial charge in [-0.1, -0.05) is 17.7 Å². The molecule has 98 valence electrons. The number of carbonyl (C=O) groups is 1. The molecule has 0 atom stereocenters. The molecule has 1 aliphatic rings. The highest BCUT2D eigenvalue weighted by atomic mass is 35.5. The van der Waals surface area contributed by atoms with Crippen LogP contribution in [0.1, 0.15) is 27.2 Å². The predicted molar refractivity (Wildman–Crippen MR) is 82.9 cm³/mol. The lowest BCUT2D eigenvalue weighted by Crippen LogP contribution is -1.99. The highest BCUT2D eigenvalue weighted by molar-refractivity contribution is 8.00. The summed E-state index contributed by atoms with van der Waals surface area (Å²) in [6, 6.07) is 10.2. The molecule has 0 spiro atoms. The molecule has 0 aliphatic heterocycles. The number of fused-ring (bicyclic) bond motifs is 1. The summed E-state index contributed by atoms with van der Waals surface area (Å²) in [4.78, 5) is 13.9. The van der Waals surface area contributed by atoms with Crippen molar-refractivity contribution in [1.82, 2.24) is 0 Å². The SMILES string of the molecule is O=C(CSc1ccc2c(c1)CCC2)c1ccc(Cl)s1. The Labute approximate surface area is 126 Å². The molecule has 0 amide bonds. The monoisotopic (exact) mass is 308 g/mol. The first kappa shape index (κ1) is 13.2. The van der Waals surface area contributed by atoms with Gasteiger partial charge in [-0.2, -0.15) is 0 Å². The van der Waals surface area contributed by atoms with Crippen LogP contribution < -0.4 is 0 Å². The molecule has 3 rings (SSSR count). The molecule has 19 heavy (non-hydrogen) atoms. The van der Waals surface area contributed by atoms with E-state index in [2.05, 4.69) is 18.2 Å². The number of hydrogen-bond donors (Lipinski definition) is 0. The van der Waals surface area contributed by atoms with E-state index in [1.165, 1.54) is 46.6 Å². The molecule has 1 aromatic heterocycles. The van der Waals surface area contributed by atoms with Crippen LogP contribution in [-0.2, 0) is 12.8 Å². The molecule has 2 aromatic rings. The molecule has 1 aromatic carbocycles. The second-order valence-corrected chi connectivity index (χ2v) is 7.36. The first-order valence-electron chi connectivity index (χ1n) is 6.25. The molecule has 4 heteroatoms. The Bertz CT molecular complexity index is 618. The molecular weight excluding hydrogens is 296 g/mol. The lowest BCUT2D eigenvalue weighted by Gasteiger charge is -2.04. The summed E-state index contributed by atoms with van der Waals surface area (Å²) >= 11 is 8.81. The molecule has 0 bridgehead atoms. The van der Waals surface area contributed by atoms with Gasteiger partial charge in [-0.05, 0) is 54.7 Å². The fourth-order valence-corrected chi connectivity index (χ4v) is 4.24. The maximum absolute atomic E-state index is 12.0. The number of halogens is 1. The fourth-order valence-electron chi connectivity index (χ4n) is 2.32. The normalized spacial score (nSPS) is 13.5. The number of thioether (sulfide) groups is 1. The smallest absolute Gasteiger partial charge is 0.183 e. The third kappa shape index (κ3) is 3.04. The average molecular weight is 309 g/mol. The largest absolute Gasteiger partial charge is 0.292 e. The summed E-state index contributed by atoms with van der Waals surface area (Å²) in [6.07, 6.45) is 3.64. The van der Waals surface area contributed by atoms with E-state index in [-0.39, 0.29) is 5.78 Å². The topological polar surface area (TPSA) is 17.1 Å². The van der Waals surface area contributed by atoms with Crippen LogP contribution >= 0.6 is 34.7 Å². The van der Waals surface area contributed by atoms with Crippen molar-refractivity contribution in [2.45, 2.75) is 24.2 Å². The summed E-state index contributed by atoms with van der Waals surface area (Å²) < 4.78 is 0.672. The van der Waals surface area contributed by atoms with Crippen LogP contribution in [0.15, 0.2) is 35.2 Å². The van der Waals surface area contributed by atoms with E-state index in [4.69, 9.17) is 11.6 Å². The van der Waals surface area contributed by atoms with Gasteiger partial charge in [0.25, 0.3) is 0 Å². The number of benzene rings is 1. The standard InChI is InChI=1S/C15H13ClOS2/c16-15-7-6-14(19-15)13(17)9-18-12-5-4-10-2-1-3-11(10)8-12/h4-8H,1-3,9H2. The molecule has 1 nitrogen and oxygen atoms in total. The lowest BCUT2D eigenvalue weighted by atomic mass is 10.1. The second-order valence-electron chi connectivity index (χ2n) is 4.60. The van der Waals surface area contributed by atoms with E-state index < -0.39 is 0 Å². The Balaban J connectivity index is 1.64. The Morgan fingerprint density at radius 3 is 2.84 bits per heavy atom. The summed E-state index contributed by atoms with van der Waals surface area (Å²) in [7, 11) is 0. The number of thiophene rings is 1. The summed E-state index contributed by atoms with van der Waals surface area (Å²) in [5, 5.41) is 0. The van der Waals surface area contributed by atoms with E-state index in [0.29, 0.717) is 10.1 Å². The van der Waals surface area contributed by atoms with Crippen molar-refractivity contribution < 1.29 is 4.79 Å². The fraction of sp³-hybridized carbons (Fsp3) is 0.267. The molecule has 1 heterocycles. The van der Waals surface area contributed by atoms with Crippen molar-refractivity contribution in [2.24, 2.45) is 0 Å². The number of aryl methyl sites for hydroxylation is 2. The van der Waals surface area contributed by atoms with Crippen molar-refractivity contribution in [1.29, 1.82) is 0 Å². The second kappa shape index (κ2) is 5.70. The van der Waals surface area contributed by atoms with Crippen molar-refractivity contribution in [3.63, 3.8) is 0 Å². The van der Waals surface area contributed by atoms with Crippen LogP contribution in [0.2, 0.25) is 4.34 Å². The summed E-state index contributed by atoms with van der Waals surface area (Å²) in [5.41, 5.74) is 2.93. The van der Waals surface area contributed by atoms with Crippen LogP contribution in [-0.4, -0.2) is 11.5 Å². The first-order valence-corrected chi connectivity index (χ1v) is 8.43. The number of rotatable bonds is 4. The van der Waals surface area contributed by atoms with Gasteiger partial charge in [0, 0.05) is 4.90 Å². The van der Waals surface area contributed by atoms with Gasteiger partial charge in [-0.25, -0.2) is 0 Å². The summed E-state index contributed by atoms with van der Waals surface area (Å²) in [6.45, 7) is 0. The maximum Gasteiger partial charge on any atom is 0.183 e. The molecule has 1 aliphatic carbocycles. The van der Waals surface area contributed by atoms with Gasteiger partial charge in [0.1, 0.15) is 0 Å². The average Bonchev–Trinajstić information content (AvgIpc) is 3.03. The van der Waals surface area contributed by atoms with Crippen LogP contribution in [0.5, 0.6) is 0 Å². The minimum atomic E-state index is 0.155. The minimum absolute atomic E-state index is 0.155. The number of Topliss-reactive ketones (excluding diaryl/α,β-unsaturated/α-hetero) is 1. The Morgan fingerprint density at radius 2 is 2.05 bits per heavy atom. The van der Waals surface area contributed by atoms with Gasteiger partial charge in [0.15, 0.2) is 5.78 Å². The maximum atomic E-state index is 12.0. The molecule has 0 N–H and O–H groups in total. The zero-order valence-electron chi connectivity index (χ0n) is 10.3. The minimum Gasteiger partial charge on any atom is -0.292 e. The number of hydrogen-bond acceptors (Lipinski definition) is 3. The zero-order chi connectivity index (χ0) is 13.2. The highest BCUT2D eigenvalue weighted by Crippen LogP contribution is 2.29. The van der Waals surface area contributed by atoms with E-state index in [0.717, 1.165) is 4.88 Å². The van der Waals surface area contributed by atoms with Gasteiger partial charge in [-0.3, -0.25) is 4.79 Å². The predicted octanol–water partition coefficient (Wildman–Crippen LogP) is 4.87. The van der Waals surface area contributed by atoms with Gasteiger partial charge in [-0.15, -0.1) is 23.1 Å². The van der Waals surface area contributed by atoms with Gasteiger partial charge < -0.3 is 0 Å². The summed E-state index contributed by atoms with van der Waals surface area (Å²) in [5.74, 6) is 0.637.